The Morgan fingerprint density at radius 1 is 1.06 bits per heavy atom. The molecule has 0 saturated heterocycles. The predicted octanol–water partition coefficient (Wildman–Crippen LogP) is 3.63. The van der Waals surface area contributed by atoms with E-state index in [1.807, 2.05) is 31.2 Å². The van der Waals surface area contributed by atoms with Gasteiger partial charge in [-0.25, -0.2) is 0 Å². The van der Waals surface area contributed by atoms with Crippen molar-refractivity contribution in [2.75, 3.05) is 21.3 Å². The van der Waals surface area contributed by atoms with E-state index in [0.29, 0.717) is 28.7 Å². The third-order valence-corrected chi connectivity index (χ3v) is 5.30. The summed E-state index contributed by atoms with van der Waals surface area (Å²) in [6, 6.07) is 13.8. The van der Waals surface area contributed by atoms with Crippen LogP contribution in [-0.2, 0) is 0 Å². The maximum absolute atomic E-state index is 9.92. The molecule has 1 aliphatic rings. The number of allylic oxidation sites excluding steroid dienone is 1. The zero-order valence-electron chi connectivity index (χ0n) is 17.6. The van der Waals surface area contributed by atoms with Gasteiger partial charge in [0.15, 0.2) is 11.5 Å². The Morgan fingerprint density at radius 3 is 2.26 bits per heavy atom. The van der Waals surface area contributed by atoms with E-state index in [4.69, 9.17) is 24.7 Å². The molecule has 2 heterocycles. The van der Waals surface area contributed by atoms with Crippen molar-refractivity contribution in [1.82, 2.24) is 10.2 Å². The number of benzene rings is 2. The molecule has 0 saturated carbocycles. The van der Waals surface area contributed by atoms with Crippen LogP contribution in [0.15, 0.2) is 47.9 Å². The number of H-pyrrole nitrogens is 1. The first-order chi connectivity index (χ1) is 15.0. The summed E-state index contributed by atoms with van der Waals surface area (Å²) in [6.45, 7) is 2.02. The lowest BCUT2D eigenvalue weighted by molar-refractivity contribution is 0.323. The molecule has 0 radical (unpaired) electrons. The van der Waals surface area contributed by atoms with E-state index in [-0.39, 0.29) is 11.5 Å². The van der Waals surface area contributed by atoms with Crippen LogP contribution in [0.2, 0.25) is 0 Å². The minimum Gasteiger partial charge on any atom is -0.493 e. The number of methoxy groups -OCH3 is 3. The molecule has 0 aliphatic carbocycles. The van der Waals surface area contributed by atoms with Crippen LogP contribution in [0, 0.1) is 18.3 Å². The molecule has 1 atom stereocenters. The van der Waals surface area contributed by atoms with Crippen LogP contribution < -0.4 is 24.7 Å². The first-order valence-corrected chi connectivity index (χ1v) is 9.55. The Labute approximate surface area is 179 Å². The summed E-state index contributed by atoms with van der Waals surface area (Å²) < 4.78 is 22.1. The lowest BCUT2D eigenvalue weighted by Gasteiger charge is -2.25. The quantitative estimate of drug-likeness (QED) is 0.650. The Hall–Kier alpha value is -4.12. The average molecular weight is 418 g/mol. The number of aryl methyl sites for hydroxylation is 1. The number of aromatic amines is 1. The zero-order valence-corrected chi connectivity index (χ0v) is 17.6. The van der Waals surface area contributed by atoms with Crippen molar-refractivity contribution >= 4 is 0 Å². The van der Waals surface area contributed by atoms with E-state index >= 15 is 0 Å². The lowest BCUT2D eigenvalue weighted by atomic mass is 9.82. The summed E-state index contributed by atoms with van der Waals surface area (Å²) in [5.74, 6) is 1.20. The van der Waals surface area contributed by atoms with E-state index in [2.05, 4.69) is 16.3 Å². The van der Waals surface area contributed by atoms with Crippen LogP contribution in [0.5, 0.6) is 23.1 Å². The number of aromatic nitrogens is 2. The molecule has 1 unspecified atom stereocenters. The molecular weight excluding hydrogens is 396 g/mol. The number of ether oxygens (including phenoxy) is 4. The van der Waals surface area contributed by atoms with Gasteiger partial charge in [0.1, 0.15) is 11.6 Å². The number of fused-ring (bicyclic) bond motifs is 1. The third-order valence-electron chi connectivity index (χ3n) is 5.30. The molecule has 8 heteroatoms. The summed E-state index contributed by atoms with van der Waals surface area (Å²) in [6.07, 6.45) is 0. The third kappa shape index (κ3) is 3.30. The average Bonchev–Trinajstić information content (AvgIpc) is 3.20. The maximum atomic E-state index is 9.92. The van der Waals surface area contributed by atoms with Gasteiger partial charge in [0.2, 0.25) is 17.5 Å². The van der Waals surface area contributed by atoms with Crippen LogP contribution in [0.4, 0.5) is 0 Å². The second kappa shape index (κ2) is 7.95. The second-order valence-corrected chi connectivity index (χ2v) is 7.07. The first-order valence-electron chi connectivity index (χ1n) is 9.55. The molecule has 4 rings (SSSR count). The Morgan fingerprint density at radius 2 is 1.71 bits per heavy atom. The minimum atomic E-state index is -0.544. The largest absolute Gasteiger partial charge is 0.493 e. The van der Waals surface area contributed by atoms with Crippen molar-refractivity contribution in [1.29, 1.82) is 5.26 Å². The number of rotatable bonds is 5. The Kier molecular flexibility index (Phi) is 5.17. The van der Waals surface area contributed by atoms with E-state index in [1.54, 1.807) is 26.4 Å². The van der Waals surface area contributed by atoms with E-state index in [9.17, 15) is 5.26 Å². The van der Waals surface area contributed by atoms with Crippen LogP contribution in [0.1, 0.15) is 22.6 Å². The second-order valence-electron chi connectivity index (χ2n) is 7.07. The number of nitrogens with zero attached hydrogens (tertiary/aromatic N) is 2. The molecule has 2 aromatic carbocycles. The molecule has 0 amide bonds. The molecule has 1 aliphatic heterocycles. The Balaban J connectivity index is 1.97. The van der Waals surface area contributed by atoms with Crippen molar-refractivity contribution in [3.63, 3.8) is 0 Å². The van der Waals surface area contributed by atoms with Crippen LogP contribution in [-0.4, -0.2) is 31.5 Å². The highest BCUT2D eigenvalue weighted by Gasteiger charge is 2.36. The van der Waals surface area contributed by atoms with E-state index < -0.39 is 5.92 Å². The van der Waals surface area contributed by atoms with E-state index in [0.717, 1.165) is 22.4 Å². The molecule has 158 valence electrons. The molecule has 8 nitrogen and oxygen atoms in total. The van der Waals surface area contributed by atoms with Crippen LogP contribution in [0.25, 0.3) is 11.3 Å². The van der Waals surface area contributed by atoms with Crippen molar-refractivity contribution < 1.29 is 18.9 Å². The smallest absolute Gasteiger partial charge is 0.244 e. The van der Waals surface area contributed by atoms with Crippen molar-refractivity contribution in [3.8, 4) is 40.5 Å². The standard InChI is InChI=1S/C23H22N4O4/c1-12-5-7-13(8-6-12)20-19-18(15(11-24)22(25)31-23(19)27-26-20)14-9-16(28-2)21(30-4)17(10-14)29-3/h5-10,18H,25H2,1-4H3,(H,26,27). The van der Waals surface area contributed by atoms with Crippen molar-refractivity contribution in [3.05, 3.63) is 64.5 Å². The van der Waals surface area contributed by atoms with Crippen LogP contribution in [0.3, 0.4) is 0 Å². The highest BCUT2D eigenvalue weighted by molar-refractivity contribution is 5.72. The first kappa shape index (κ1) is 20.2. The van der Waals surface area contributed by atoms with Gasteiger partial charge < -0.3 is 24.7 Å². The molecule has 1 aromatic heterocycles. The number of nitrogens with one attached hydrogen (secondary N) is 1. The summed E-state index contributed by atoms with van der Waals surface area (Å²) in [5.41, 5.74) is 10.6. The zero-order chi connectivity index (χ0) is 22.1. The highest BCUT2D eigenvalue weighted by atomic mass is 16.5. The number of nitrogens with two attached hydrogens (primary N) is 1. The fourth-order valence-electron chi connectivity index (χ4n) is 3.79. The van der Waals surface area contributed by atoms with Gasteiger partial charge in [-0.15, -0.1) is 5.10 Å². The molecule has 0 spiro atoms. The molecule has 0 bridgehead atoms. The molecular formula is C23H22N4O4. The predicted molar refractivity (Wildman–Crippen MR) is 114 cm³/mol. The van der Waals surface area contributed by atoms with Crippen LogP contribution >= 0.6 is 0 Å². The van der Waals surface area contributed by atoms with Gasteiger partial charge in [-0.2, -0.15) is 5.26 Å². The van der Waals surface area contributed by atoms with Crippen molar-refractivity contribution in [2.24, 2.45) is 5.73 Å². The molecule has 3 N–H and O–H groups in total. The Bertz CT molecular complexity index is 1180. The van der Waals surface area contributed by atoms with Gasteiger partial charge >= 0.3 is 0 Å². The normalized spacial score (nSPS) is 15.0. The fraction of sp³-hybridized carbons (Fsp3) is 0.217. The van der Waals surface area contributed by atoms with Gasteiger partial charge in [-0.3, -0.25) is 5.10 Å². The summed E-state index contributed by atoms with van der Waals surface area (Å²) in [7, 11) is 4.62. The summed E-state index contributed by atoms with van der Waals surface area (Å²) in [5, 5.41) is 17.3. The topological polar surface area (TPSA) is 115 Å². The number of hydrogen-bond acceptors (Lipinski definition) is 7. The molecule has 0 fully saturated rings. The summed E-state index contributed by atoms with van der Waals surface area (Å²) in [4.78, 5) is 0. The van der Waals surface area contributed by atoms with Crippen molar-refractivity contribution in [2.45, 2.75) is 12.8 Å². The van der Waals surface area contributed by atoms with Gasteiger partial charge in [-0.05, 0) is 24.6 Å². The number of nitriles is 1. The van der Waals surface area contributed by atoms with Gasteiger partial charge in [0.25, 0.3) is 0 Å². The highest BCUT2D eigenvalue weighted by Crippen LogP contribution is 2.49. The lowest BCUT2D eigenvalue weighted by Crippen LogP contribution is -2.21. The summed E-state index contributed by atoms with van der Waals surface area (Å²) >= 11 is 0. The molecule has 3 aromatic rings. The van der Waals surface area contributed by atoms with Gasteiger partial charge in [0.05, 0.1) is 38.5 Å². The minimum absolute atomic E-state index is 0.00991. The molecule has 31 heavy (non-hydrogen) atoms. The maximum Gasteiger partial charge on any atom is 0.244 e. The SMILES string of the molecule is COc1cc(C2C(C#N)=C(N)Oc3n[nH]c(-c4ccc(C)cc4)c32)cc(OC)c1OC. The van der Waals surface area contributed by atoms with E-state index in [1.165, 1.54) is 7.11 Å². The monoisotopic (exact) mass is 418 g/mol. The number of hydrogen-bond donors (Lipinski definition) is 2. The van der Waals surface area contributed by atoms with Gasteiger partial charge in [0, 0.05) is 5.56 Å². The fourth-order valence-corrected chi connectivity index (χ4v) is 3.79. The van der Waals surface area contributed by atoms with Gasteiger partial charge in [-0.1, -0.05) is 29.8 Å².